The third-order valence-electron chi connectivity index (χ3n) is 6.35. The van der Waals surface area contributed by atoms with Gasteiger partial charge in [0, 0.05) is 37.6 Å². The molecular weight excluding hydrogens is 347 g/mol. The molecule has 1 unspecified atom stereocenters. The van der Waals surface area contributed by atoms with Gasteiger partial charge in [0.25, 0.3) is 0 Å². The van der Waals surface area contributed by atoms with Crippen LogP contribution in [0, 0.1) is 12.7 Å². The minimum atomic E-state index is -0.166. The second kappa shape index (κ2) is 7.16. The minimum absolute atomic E-state index is 0.166. The zero-order chi connectivity index (χ0) is 19.1. The van der Waals surface area contributed by atoms with Gasteiger partial charge in [0.2, 0.25) is 0 Å². The molecule has 0 aliphatic carbocycles. The molecule has 2 nitrogen and oxygen atoms in total. The lowest BCUT2D eigenvalue weighted by Crippen LogP contribution is -2.72. The zero-order valence-corrected chi connectivity index (χ0v) is 16.1. The van der Waals surface area contributed by atoms with Crippen molar-refractivity contribution in [1.82, 2.24) is 10.2 Å². The molecular formula is C25H25FN2. The number of nitrogens with zero attached hydrogens (tertiary/aromatic N) is 1. The summed E-state index contributed by atoms with van der Waals surface area (Å²) in [4.78, 5) is 2.57. The van der Waals surface area contributed by atoms with Gasteiger partial charge in [0.05, 0.1) is 0 Å². The van der Waals surface area contributed by atoms with Crippen molar-refractivity contribution >= 4 is 0 Å². The highest BCUT2D eigenvalue weighted by molar-refractivity contribution is 5.64. The lowest BCUT2D eigenvalue weighted by Gasteiger charge is -2.59. The largest absolute Gasteiger partial charge is 0.314 e. The highest BCUT2D eigenvalue weighted by atomic mass is 19.1. The van der Waals surface area contributed by atoms with Crippen LogP contribution in [0.15, 0.2) is 72.8 Å². The number of piperazine rings is 1. The SMILES string of the molecule is Cc1ccc(-c2ccc(C3[C@H]4CNC[C@@H]3N4Cc3ccc(F)cc3)cc2)cc1. The van der Waals surface area contributed by atoms with E-state index in [2.05, 4.69) is 65.7 Å². The van der Waals surface area contributed by atoms with E-state index >= 15 is 0 Å². The van der Waals surface area contributed by atoms with Gasteiger partial charge in [0.1, 0.15) is 5.82 Å². The van der Waals surface area contributed by atoms with Gasteiger partial charge >= 0.3 is 0 Å². The molecule has 1 N–H and O–H groups in total. The van der Waals surface area contributed by atoms with Crippen molar-refractivity contribution in [3.8, 4) is 11.1 Å². The number of benzene rings is 3. The molecule has 2 saturated heterocycles. The molecule has 2 aliphatic rings. The predicted octanol–water partition coefficient (Wildman–Crippen LogP) is 4.74. The van der Waals surface area contributed by atoms with Crippen LogP contribution in [0.3, 0.4) is 0 Å². The van der Waals surface area contributed by atoms with Gasteiger partial charge in [-0.2, -0.15) is 0 Å². The number of fused-ring (bicyclic) bond motifs is 2. The standard InChI is InChI=1S/C25H25FN2/c1-17-2-6-19(7-3-17)20-8-10-21(11-9-20)25-23-14-27-15-24(25)28(23)16-18-4-12-22(26)13-5-18/h2-13,23-25,27H,14-16H2,1H3/t23-,24+,25?. The predicted molar refractivity (Wildman–Crippen MR) is 112 cm³/mol. The van der Waals surface area contributed by atoms with Gasteiger partial charge in [-0.1, -0.05) is 66.2 Å². The topological polar surface area (TPSA) is 15.3 Å². The van der Waals surface area contributed by atoms with Crippen LogP contribution in [0.25, 0.3) is 11.1 Å². The molecule has 2 heterocycles. The molecule has 2 aliphatic heterocycles. The van der Waals surface area contributed by atoms with E-state index in [9.17, 15) is 4.39 Å². The second-order valence-electron chi connectivity index (χ2n) is 8.11. The molecule has 0 aromatic heterocycles. The van der Waals surface area contributed by atoms with Gasteiger partial charge in [-0.05, 0) is 41.3 Å². The molecule has 28 heavy (non-hydrogen) atoms. The summed E-state index contributed by atoms with van der Waals surface area (Å²) in [6, 6.07) is 25.8. The number of aryl methyl sites for hydroxylation is 1. The van der Waals surface area contributed by atoms with Crippen molar-refractivity contribution in [2.75, 3.05) is 13.1 Å². The highest BCUT2D eigenvalue weighted by Crippen LogP contribution is 2.43. The summed E-state index contributed by atoms with van der Waals surface area (Å²) in [7, 11) is 0. The first-order valence-electron chi connectivity index (χ1n) is 10.1. The van der Waals surface area contributed by atoms with E-state index in [1.807, 2.05) is 12.1 Å². The highest BCUT2D eigenvalue weighted by Gasteiger charge is 2.50. The Morgan fingerprint density at radius 2 is 1.39 bits per heavy atom. The van der Waals surface area contributed by atoms with Gasteiger partial charge in [-0.15, -0.1) is 0 Å². The van der Waals surface area contributed by atoms with Crippen molar-refractivity contribution < 1.29 is 4.39 Å². The Kier molecular flexibility index (Phi) is 4.50. The molecule has 0 spiro atoms. The maximum atomic E-state index is 13.2. The smallest absolute Gasteiger partial charge is 0.123 e. The second-order valence-corrected chi connectivity index (χ2v) is 8.11. The molecule has 142 valence electrons. The van der Waals surface area contributed by atoms with Crippen LogP contribution in [-0.4, -0.2) is 30.1 Å². The molecule has 3 atom stereocenters. The molecule has 2 fully saturated rings. The Morgan fingerprint density at radius 1 is 0.821 bits per heavy atom. The maximum absolute atomic E-state index is 13.2. The van der Waals surface area contributed by atoms with Crippen molar-refractivity contribution in [2.45, 2.75) is 31.5 Å². The van der Waals surface area contributed by atoms with Crippen LogP contribution in [0.4, 0.5) is 4.39 Å². The van der Waals surface area contributed by atoms with E-state index in [0.29, 0.717) is 18.0 Å². The average molecular weight is 372 g/mol. The fraction of sp³-hybridized carbons (Fsp3) is 0.280. The molecule has 0 amide bonds. The van der Waals surface area contributed by atoms with Crippen LogP contribution in [-0.2, 0) is 6.54 Å². The molecule has 3 aromatic carbocycles. The third kappa shape index (κ3) is 3.15. The van der Waals surface area contributed by atoms with E-state index in [0.717, 1.165) is 19.6 Å². The van der Waals surface area contributed by atoms with Crippen LogP contribution >= 0.6 is 0 Å². The number of hydrogen-bond acceptors (Lipinski definition) is 2. The summed E-state index contributed by atoms with van der Waals surface area (Å²) in [5, 5.41) is 3.55. The van der Waals surface area contributed by atoms with Crippen molar-refractivity contribution in [1.29, 1.82) is 0 Å². The summed E-state index contributed by atoms with van der Waals surface area (Å²) < 4.78 is 13.2. The monoisotopic (exact) mass is 372 g/mol. The van der Waals surface area contributed by atoms with Crippen LogP contribution in [0.5, 0.6) is 0 Å². The Balaban J connectivity index is 1.33. The molecule has 0 radical (unpaired) electrons. The Morgan fingerprint density at radius 3 is 2.00 bits per heavy atom. The first kappa shape index (κ1) is 17.6. The van der Waals surface area contributed by atoms with Crippen molar-refractivity contribution in [3.63, 3.8) is 0 Å². The first-order valence-corrected chi connectivity index (χ1v) is 10.1. The number of halogens is 1. The van der Waals surface area contributed by atoms with E-state index in [1.165, 1.54) is 27.8 Å². The summed E-state index contributed by atoms with van der Waals surface area (Å²) in [6.45, 7) is 5.05. The van der Waals surface area contributed by atoms with Crippen LogP contribution in [0.1, 0.15) is 22.6 Å². The molecule has 3 heteroatoms. The summed E-state index contributed by atoms with van der Waals surface area (Å²) in [5.74, 6) is 0.412. The van der Waals surface area contributed by atoms with Crippen molar-refractivity contribution in [3.05, 3.63) is 95.3 Å². The zero-order valence-electron chi connectivity index (χ0n) is 16.1. The van der Waals surface area contributed by atoms with Crippen LogP contribution < -0.4 is 5.32 Å². The molecule has 5 rings (SSSR count). The molecule has 3 aromatic rings. The number of nitrogens with one attached hydrogen (secondary N) is 1. The number of likely N-dealkylation sites (tertiary alicyclic amines) is 1. The third-order valence-corrected chi connectivity index (χ3v) is 6.35. The lowest BCUT2D eigenvalue weighted by atomic mass is 9.72. The first-order chi connectivity index (χ1) is 13.7. The van der Waals surface area contributed by atoms with Crippen LogP contribution in [0.2, 0.25) is 0 Å². The Bertz CT molecular complexity index is 935. The van der Waals surface area contributed by atoms with Crippen molar-refractivity contribution in [2.24, 2.45) is 0 Å². The summed E-state index contributed by atoms with van der Waals surface area (Å²) in [6.07, 6.45) is 0. The number of piperidine rings is 1. The normalized spacial score (nSPS) is 24.0. The fourth-order valence-electron chi connectivity index (χ4n) is 4.80. The van der Waals surface area contributed by atoms with E-state index < -0.39 is 0 Å². The van der Waals surface area contributed by atoms with Gasteiger partial charge < -0.3 is 5.32 Å². The Labute approximate surface area is 166 Å². The summed E-state index contributed by atoms with van der Waals surface area (Å²) in [5.41, 5.74) is 6.45. The average Bonchev–Trinajstić information content (AvgIpc) is 2.74. The lowest BCUT2D eigenvalue weighted by molar-refractivity contribution is -0.0483. The number of rotatable bonds is 4. The maximum Gasteiger partial charge on any atom is 0.123 e. The van der Waals surface area contributed by atoms with E-state index in [4.69, 9.17) is 0 Å². The van der Waals surface area contributed by atoms with Gasteiger partial charge in [0.15, 0.2) is 0 Å². The number of hydrogen-bond donors (Lipinski definition) is 1. The van der Waals surface area contributed by atoms with E-state index in [-0.39, 0.29) is 5.82 Å². The van der Waals surface area contributed by atoms with E-state index in [1.54, 1.807) is 12.1 Å². The molecule has 2 bridgehead atoms. The minimum Gasteiger partial charge on any atom is -0.314 e. The fourth-order valence-corrected chi connectivity index (χ4v) is 4.80. The molecule has 0 saturated carbocycles. The van der Waals surface area contributed by atoms with Gasteiger partial charge in [-0.25, -0.2) is 4.39 Å². The quantitative estimate of drug-likeness (QED) is 0.712. The summed E-state index contributed by atoms with van der Waals surface area (Å²) >= 11 is 0. The van der Waals surface area contributed by atoms with Gasteiger partial charge in [-0.3, -0.25) is 4.90 Å². The Hall–Kier alpha value is -2.49.